The maximum Gasteiger partial charge on any atom is 0.337 e. The van der Waals surface area contributed by atoms with E-state index in [9.17, 15) is 4.79 Å². The molecule has 94 valence electrons. The van der Waals surface area contributed by atoms with Crippen LogP contribution in [0.3, 0.4) is 0 Å². The van der Waals surface area contributed by atoms with Gasteiger partial charge in [0.2, 0.25) is 0 Å². The monoisotopic (exact) mass is 255 g/mol. The van der Waals surface area contributed by atoms with Gasteiger partial charge >= 0.3 is 5.97 Å². The molecule has 0 bridgehead atoms. The number of rotatable bonds is 6. The summed E-state index contributed by atoms with van der Waals surface area (Å²) in [6.07, 6.45) is 3.45. The van der Waals surface area contributed by atoms with Gasteiger partial charge in [0.15, 0.2) is 0 Å². The zero-order valence-electron chi connectivity index (χ0n) is 10.3. The first-order valence-electron chi connectivity index (χ1n) is 5.80. The van der Waals surface area contributed by atoms with Gasteiger partial charge in [-0.25, -0.2) is 4.79 Å². The third kappa shape index (κ3) is 4.27. The molecule has 0 aliphatic rings. The van der Waals surface area contributed by atoms with Gasteiger partial charge in [-0.1, -0.05) is 31.4 Å². The number of hydrogen-bond acceptors (Lipinski definition) is 3. The minimum absolute atomic E-state index is 0.349. The number of methoxy groups -OCH3 is 1. The number of benzene rings is 1. The van der Waals surface area contributed by atoms with Crippen molar-refractivity contribution in [3.63, 3.8) is 0 Å². The Morgan fingerprint density at radius 3 is 2.82 bits per heavy atom. The Kier molecular flexibility index (Phi) is 5.84. The van der Waals surface area contributed by atoms with Gasteiger partial charge in [0.05, 0.1) is 23.4 Å². The number of unbranched alkanes of at least 4 members (excludes halogenated alkanes) is 2. The first-order chi connectivity index (χ1) is 8.19. The Morgan fingerprint density at radius 2 is 2.18 bits per heavy atom. The zero-order valence-corrected chi connectivity index (χ0v) is 11.0. The quantitative estimate of drug-likeness (QED) is 0.622. The number of hydrogen-bond donors (Lipinski definition) is 1. The molecule has 1 rings (SSSR count). The van der Waals surface area contributed by atoms with Gasteiger partial charge in [-0.3, -0.25) is 0 Å². The van der Waals surface area contributed by atoms with Gasteiger partial charge in [0, 0.05) is 6.54 Å². The second-order valence-electron chi connectivity index (χ2n) is 3.82. The average molecular weight is 256 g/mol. The summed E-state index contributed by atoms with van der Waals surface area (Å²) >= 11 is 6.04. The van der Waals surface area contributed by atoms with Crippen LogP contribution in [0.2, 0.25) is 5.02 Å². The molecule has 0 aromatic heterocycles. The summed E-state index contributed by atoms with van der Waals surface area (Å²) in [4.78, 5) is 11.4. The molecule has 1 aromatic carbocycles. The van der Waals surface area contributed by atoms with Crippen molar-refractivity contribution in [2.24, 2.45) is 0 Å². The van der Waals surface area contributed by atoms with E-state index in [-0.39, 0.29) is 5.97 Å². The van der Waals surface area contributed by atoms with E-state index in [4.69, 9.17) is 11.6 Å². The van der Waals surface area contributed by atoms with Gasteiger partial charge in [0.1, 0.15) is 0 Å². The number of esters is 1. The zero-order chi connectivity index (χ0) is 12.7. The van der Waals surface area contributed by atoms with Crippen molar-refractivity contribution >= 4 is 23.3 Å². The molecule has 0 aliphatic carbocycles. The Morgan fingerprint density at radius 1 is 1.41 bits per heavy atom. The predicted octanol–water partition coefficient (Wildman–Crippen LogP) is 3.73. The maximum absolute atomic E-state index is 11.4. The van der Waals surface area contributed by atoms with Crippen molar-refractivity contribution in [3.05, 3.63) is 28.8 Å². The average Bonchev–Trinajstić information content (AvgIpc) is 2.35. The van der Waals surface area contributed by atoms with Crippen LogP contribution >= 0.6 is 11.6 Å². The highest BCUT2D eigenvalue weighted by molar-refractivity contribution is 6.33. The number of anilines is 1. The highest BCUT2D eigenvalue weighted by Crippen LogP contribution is 2.23. The standard InChI is InChI=1S/C13H18ClNO2/c1-3-4-5-8-15-12-9-10(13(16)17-2)6-7-11(12)14/h6-7,9,15H,3-5,8H2,1-2H3. The Labute approximate surface area is 107 Å². The molecule has 0 saturated heterocycles. The molecule has 0 unspecified atom stereocenters. The lowest BCUT2D eigenvalue weighted by Crippen LogP contribution is -2.05. The van der Waals surface area contributed by atoms with E-state index in [2.05, 4.69) is 17.0 Å². The molecule has 17 heavy (non-hydrogen) atoms. The summed E-state index contributed by atoms with van der Waals surface area (Å²) in [5.41, 5.74) is 1.29. The first kappa shape index (κ1) is 13.8. The van der Waals surface area contributed by atoms with Crippen LogP contribution in [0.4, 0.5) is 5.69 Å². The molecule has 0 heterocycles. The van der Waals surface area contributed by atoms with Crippen LogP contribution < -0.4 is 5.32 Å². The number of ether oxygens (including phenoxy) is 1. The van der Waals surface area contributed by atoms with Crippen molar-refractivity contribution in [1.82, 2.24) is 0 Å². The van der Waals surface area contributed by atoms with Crippen LogP contribution in [0, 0.1) is 0 Å². The molecule has 0 atom stereocenters. The SMILES string of the molecule is CCCCCNc1cc(C(=O)OC)ccc1Cl. The number of carbonyl (C=O) groups excluding carboxylic acids is 1. The van der Waals surface area contributed by atoms with E-state index in [1.54, 1.807) is 18.2 Å². The predicted molar refractivity (Wildman–Crippen MR) is 70.8 cm³/mol. The number of carbonyl (C=O) groups is 1. The molecule has 0 saturated carbocycles. The van der Waals surface area contributed by atoms with E-state index in [0.717, 1.165) is 18.7 Å². The Hall–Kier alpha value is -1.22. The molecule has 0 amide bonds. The third-order valence-electron chi connectivity index (χ3n) is 2.48. The maximum atomic E-state index is 11.4. The molecule has 1 N–H and O–H groups in total. The van der Waals surface area contributed by atoms with Crippen LogP contribution in [0.25, 0.3) is 0 Å². The summed E-state index contributed by atoms with van der Waals surface area (Å²) in [6, 6.07) is 5.08. The van der Waals surface area contributed by atoms with E-state index < -0.39 is 0 Å². The smallest absolute Gasteiger partial charge is 0.337 e. The third-order valence-corrected chi connectivity index (χ3v) is 2.81. The second kappa shape index (κ2) is 7.17. The van der Waals surface area contributed by atoms with Gasteiger partial charge in [-0.15, -0.1) is 0 Å². The van der Waals surface area contributed by atoms with Gasteiger partial charge in [-0.2, -0.15) is 0 Å². The van der Waals surface area contributed by atoms with Gasteiger partial charge in [-0.05, 0) is 24.6 Å². The van der Waals surface area contributed by atoms with Crippen molar-refractivity contribution < 1.29 is 9.53 Å². The van der Waals surface area contributed by atoms with E-state index in [0.29, 0.717) is 10.6 Å². The summed E-state index contributed by atoms with van der Waals surface area (Å²) in [5, 5.41) is 3.85. The largest absolute Gasteiger partial charge is 0.465 e. The van der Waals surface area contributed by atoms with Crippen molar-refractivity contribution in [2.75, 3.05) is 19.0 Å². The molecule has 1 aromatic rings. The molecule has 4 heteroatoms. The lowest BCUT2D eigenvalue weighted by Gasteiger charge is -2.09. The van der Waals surface area contributed by atoms with Gasteiger partial charge in [0.25, 0.3) is 0 Å². The first-order valence-corrected chi connectivity index (χ1v) is 6.18. The van der Waals surface area contributed by atoms with E-state index >= 15 is 0 Å². The van der Waals surface area contributed by atoms with E-state index in [1.807, 2.05) is 0 Å². The normalized spacial score (nSPS) is 10.1. The fourth-order valence-electron chi connectivity index (χ4n) is 1.50. The van der Waals surface area contributed by atoms with Crippen LogP contribution in [0.15, 0.2) is 18.2 Å². The molecule has 0 fully saturated rings. The summed E-state index contributed by atoms with van der Waals surface area (Å²) < 4.78 is 4.66. The summed E-state index contributed by atoms with van der Waals surface area (Å²) in [6.45, 7) is 3.02. The Bertz CT molecular complexity index is 380. The van der Waals surface area contributed by atoms with Crippen LogP contribution in [-0.4, -0.2) is 19.6 Å². The second-order valence-corrected chi connectivity index (χ2v) is 4.23. The summed E-state index contributed by atoms with van der Waals surface area (Å²) in [7, 11) is 1.37. The Balaban J connectivity index is 2.66. The molecule has 0 radical (unpaired) electrons. The van der Waals surface area contributed by atoms with Crippen LogP contribution in [-0.2, 0) is 4.74 Å². The molecule has 0 aliphatic heterocycles. The lowest BCUT2D eigenvalue weighted by molar-refractivity contribution is 0.0601. The number of nitrogens with one attached hydrogen (secondary N) is 1. The van der Waals surface area contributed by atoms with E-state index in [1.165, 1.54) is 20.0 Å². The van der Waals surface area contributed by atoms with Crippen molar-refractivity contribution in [1.29, 1.82) is 0 Å². The van der Waals surface area contributed by atoms with Gasteiger partial charge < -0.3 is 10.1 Å². The minimum Gasteiger partial charge on any atom is -0.465 e. The molecular weight excluding hydrogens is 238 g/mol. The highest BCUT2D eigenvalue weighted by atomic mass is 35.5. The van der Waals surface area contributed by atoms with Crippen molar-refractivity contribution in [3.8, 4) is 0 Å². The van der Waals surface area contributed by atoms with Crippen molar-refractivity contribution in [2.45, 2.75) is 26.2 Å². The fourth-order valence-corrected chi connectivity index (χ4v) is 1.69. The lowest BCUT2D eigenvalue weighted by atomic mass is 10.2. The van der Waals surface area contributed by atoms with Crippen LogP contribution in [0.5, 0.6) is 0 Å². The number of halogens is 1. The minimum atomic E-state index is -0.349. The summed E-state index contributed by atoms with van der Waals surface area (Å²) in [5.74, 6) is -0.349. The molecule has 0 spiro atoms. The fraction of sp³-hybridized carbons (Fsp3) is 0.462. The highest BCUT2D eigenvalue weighted by Gasteiger charge is 2.08. The topological polar surface area (TPSA) is 38.3 Å². The molecule has 3 nitrogen and oxygen atoms in total. The molecular formula is C13H18ClNO2. The van der Waals surface area contributed by atoms with Crippen LogP contribution in [0.1, 0.15) is 36.5 Å².